The van der Waals surface area contributed by atoms with Crippen molar-refractivity contribution < 1.29 is 14.3 Å². The molecule has 0 spiro atoms. The molecule has 0 unspecified atom stereocenters. The standard InChI is InChI=1S/C13H20N2O3/c1-3-18-12-7-5-11(6-8-12)15-13(16)14-9-4-10-17-2/h5-8H,3-4,9-10H2,1-2H3,(H2,14,15,16). The average Bonchev–Trinajstić information content (AvgIpc) is 2.37. The summed E-state index contributed by atoms with van der Waals surface area (Å²) < 4.78 is 10.2. The lowest BCUT2D eigenvalue weighted by atomic mass is 10.3. The predicted molar refractivity (Wildman–Crippen MR) is 71.1 cm³/mol. The Morgan fingerprint density at radius 2 is 2.00 bits per heavy atom. The van der Waals surface area contributed by atoms with Gasteiger partial charge in [0.2, 0.25) is 0 Å². The molecule has 0 saturated carbocycles. The van der Waals surface area contributed by atoms with Gasteiger partial charge < -0.3 is 20.1 Å². The van der Waals surface area contributed by atoms with Gasteiger partial charge in [0.15, 0.2) is 0 Å². The van der Waals surface area contributed by atoms with Crippen molar-refractivity contribution in [1.29, 1.82) is 0 Å². The molecule has 0 atom stereocenters. The molecule has 0 aromatic heterocycles. The van der Waals surface area contributed by atoms with Gasteiger partial charge in [-0.3, -0.25) is 0 Å². The van der Waals surface area contributed by atoms with E-state index in [-0.39, 0.29) is 6.03 Å². The minimum atomic E-state index is -0.213. The number of rotatable bonds is 7. The third kappa shape index (κ3) is 5.54. The maximum absolute atomic E-state index is 11.5. The van der Waals surface area contributed by atoms with Crippen LogP contribution < -0.4 is 15.4 Å². The van der Waals surface area contributed by atoms with Crippen LogP contribution in [0.25, 0.3) is 0 Å². The number of carbonyl (C=O) groups excluding carboxylic acids is 1. The zero-order valence-electron chi connectivity index (χ0n) is 10.9. The van der Waals surface area contributed by atoms with Crippen molar-refractivity contribution in [1.82, 2.24) is 5.32 Å². The summed E-state index contributed by atoms with van der Waals surface area (Å²) in [6, 6.07) is 7.04. The van der Waals surface area contributed by atoms with E-state index in [1.54, 1.807) is 19.2 Å². The number of benzene rings is 1. The van der Waals surface area contributed by atoms with Gasteiger partial charge in [-0.25, -0.2) is 4.79 Å². The van der Waals surface area contributed by atoms with E-state index < -0.39 is 0 Å². The van der Waals surface area contributed by atoms with Gasteiger partial charge in [-0.1, -0.05) is 0 Å². The van der Waals surface area contributed by atoms with Crippen molar-refractivity contribution in [2.24, 2.45) is 0 Å². The molecule has 2 amide bonds. The van der Waals surface area contributed by atoms with Crippen LogP contribution >= 0.6 is 0 Å². The first-order chi connectivity index (χ1) is 8.76. The molecule has 5 heteroatoms. The molecule has 0 aliphatic carbocycles. The Labute approximate surface area is 107 Å². The first-order valence-corrected chi connectivity index (χ1v) is 6.03. The number of hydrogen-bond acceptors (Lipinski definition) is 3. The molecule has 1 aromatic rings. The van der Waals surface area contributed by atoms with E-state index in [0.29, 0.717) is 19.8 Å². The van der Waals surface area contributed by atoms with Crippen molar-refractivity contribution in [3.05, 3.63) is 24.3 Å². The van der Waals surface area contributed by atoms with Crippen LogP contribution in [0.4, 0.5) is 10.5 Å². The highest BCUT2D eigenvalue weighted by molar-refractivity contribution is 5.89. The molecule has 18 heavy (non-hydrogen) atoms. The van der Waals surface area contributed by atoms with Crippen LogP contribution in [-0.4, -0.2) is 32.9 Å². The van der Waals surface area contributed by atoms with Crippen LogP contribution in [0.2, 0.25) is 0 Å². The van der Waals surface area contributed by atoms with Crippen molar-refractivity contribution in [2.75, 3.05) is 32.2 Å². The van der Waals surface area contributed by atoms with Crippen LogP contribution in [0.1, 0.15) is 13.3 Å². The highest BCUT2D eigenvalue weighted by atomic mass is 16.5. The van der Waals surface area contributed by atoms with Crippen LogP contribution in [0.5, 0.6) is 5.75 Å². The van der Waals surface area contributed by atoms with Gasteiger partial charge >= 0.3 is 6.03 Å². The van der Waals surface area contributed by atoms with Gasteiger partial charge in [-0.2, -0.15) is 0 Å². The second-order valence-corrected chi connectivity index (χ2v) is 3.68. The summed E-state index contributed by atoms with van der Waals surface area (Å²) in [5, 5.41) is 5.49. The van der Waals surface area contributed by atoms with Gasteiger partial charge in [0.25, 0.3) is 0 Å². The quantitative estimate of drug-likeness (QED) is 0.732. The second kappa shape index (κ2) is 8.36. The predicted octanol–water partition coefficient (Wildman–Crippen LogP) is 2.24. The van der Waals surface area contributed by atoms with E-state index in [4.69, 9.17) is 9.47 Å². The molecule has 1 rings (SSSR count). The number of hydrogen-bond donors (Lipinski definition) is 2. The van der Waals surface area contributed by atoms with E-state index in [0.717, 1.165) is 17.9 Å². The summed E-state index contributed by atoms with van der Waals surface area (Å²) in [5.74, 6) is 0.795. The number of ether oxygens (including phenoxy) is 2. The fourth-order valence-corrected chi connectivity index (χ4v) is 1.39. The highest BCUT2D eigenvalue weighted by Gasteiger charge is 2.00. The smallest absolute Gasteiger partial charge is 0.319 e. The Morgan fingerprint density at radius 3 is 2.61 bits per heavy atom. The second-order valence-electron chi connectivity index (χ2n) is 3.68. The Bertz CT molecular complexity index is 352. The van der Waals surface area contributed by atoms with Gasteiger partial charge in [0.1, 0.15) is 5.75 Å². The van der Waals surface area contributed by atoms with Crippen LogP contribution in [-0.2, 0) is 4.74 Å². The summed E-state index contributed by atoms with van der Waals surface area (Å²) in [6.45, 7) is 3.80. The van der Waals surface area contributed by atoms with Gasteiger partial charge in [0.05, 0.1) is 6.61 Å². The molecule has 0 aliphatic rings. The number of urea groups is 1. The fraction of sp³-hybridized carbons (Fsp3) is 0.462. The molecule has 5 nitrogen and oxygen atoms in total. The maximum atomic E-state index is 11.5. The van der Waals surface area contributed by atoms with E-state index in [2.05, 4.69) is 10.6 Å². The zero-order valence-corrected chi connectivity index (χ0v) is 10.9. The Balaban J connectivity index is 2.30. The number of anilines is 1. The molecule has 1 aromatic carbocycles. The fourth-order valence-electron chi connectivity index (χ4n) is 1.39. The van der Waals surface area contributed by atoms with Crippen molar-refractivity contribution in [3.8, 4) is 5.75 Å². The third-order valence-electron chi connectivity index (χ3n) is 2.23. The van der Waals surface area contributed by atoms with E-state index in [9.17, 15) is 4.79 Å². The van der Waals surface area contributed by atoms with E-state index >= 15 is 0 Å². The molecule has 0 aliphatic heterocycles. The molecule has 0 saturated heterocycles. The van der Waals surface area contributed by atoms with Crippen molar-refractivity contribution in [2.45, 2.75) is 13.3 Å². The monoisotopic (exact) mass is 252 g/mol. The van der Waals surface area contributed by atoms with Gasteiger partial charge in [-0.05, 0) is 37.6 Å². The first kappa shape index (κ1) is 14.3. The summed E-state index contributed by atoms with van der Waals surface area (Å²) in [5.41, 5.74) is 0.739. The minimum absolute atomic E-state index is 0.213. The molecule has 100 valence electrons. The Hall–Kier alpha value is -1.75. The largest absolute Gasteiger partial charge is 0.494 e. The molecular weight excluding hydrogens is 232 g/mol. The minimum Gasteiger partial charge on any atom is -0.494 e. The van der Waals surface area contributed by atoms with Crippen molar-refractivity contribution >= 4 is 11.7 Å². The normalized spacial score (nSPS) is 9.89. The van der Waals surface area contributed by atoms with E-state index in [1.165, 1.54) is 0 Å². The SMILES string of the molecule is CCOc1ccc(NC(=O)NCCCOC)cc1. The Kier molecular flexibility index (Phi) is 6.64. The van der Waals surface area contributed by atoms with Crippen LogP contribution in [0, 0.1) is 0 Å². The zero-order chi connectivity index (χ0) is 13.2. The first-order valence-electron chi connectivity index (χ1n) is 6.03. The van der Waals surface area contributed by atoms with Crippen molar-refractivity contribution in [3.63, 3.8) is 0 Å². The van der Waals surface area contributed by atoms with Crippen LogP contribution in [0.3, 0.4) is 0 Å². The molecule has 0 radical (unpaired) electrons. The topological polar surface area (TPSA) is 59.6 Å². The molecule has 2 N–H and O–H groups in total. The van der Waals surface area contributed by atoms with Gasteiger partial charge in [0, 0.05) is 25.9 Å². The average molecular weight is 252 g/mol. The summed E-state index contributed by atoms with van der Waals surface area (Å²) in [6.07, 6.45) is 0.799. The summed E-state index contributed by atoms with van der Waals surface area (Å²) >= 11 is 0. The third-order valence-corrected chi connectivity index (χ3v) is 2.23. The molecule has 0 fully saturated rings. The number of nitrogens with one attached hydrogen (secondary N) is 2. The molecule has 0 heterocycles. The molecular formula is C13H20N2O3. The lowest BCUT2D eigenvalue weighted by molar-refractivity contribution is 0.194. The molecule has 0 bridgehead atoms. The summed E-state index contributed by atoms with van der Waals surface area (Å²) in [4.78, 5) is 11.5. The maximum Gasteiger partial charge on any atom is 0.319 e. The number of carbonyl (C=O) groups is 1. The summed E-state index contributed by atoms with van der Waals surface area (Å²) in [7, 11) is 1.64. The lowest BCUT2D eigenvalue weighted by Gasteiger charge is -2.08. The Morgan fingerprint density at radius 1 is 1.28 bits per heavy atom. The van der Waals surface area contributed by atoms with Crippen LogP contribution in [0.15, 0.2) is 24.3 Å². The van der Waals surface area contributed by atoms with E-state index in [1.807, 2.05) is 19.1 Å². The van der Waals surface area contributed by atoms with Gasteiger partial charge in [-0.15, -0.1) is 0 Å². The number of methoxy groups -OCH3 is 1. The highest BCUT2D eigenvalue weighted by Crippen LogP contribution is 2.15. The number of amides is 2. The lowest BCUT2D eigenvalue weighted by Crippen LogP contribution is -2.29.